The van der Waals surface area contributed by atoms with Crippen LogP contribution in [0.4, 0.5) is 0 Å². The molecule has 0 radical (unpaired) electrons. The quantitative estimate of drug-likeness (QED) is 0.494. The van der Waals surface area contributed by atoms with Crippen molar-refractivity contribution in [2.24, 2.45) is 0 Å². The summed E-state index contributed by atoms with van der Waals surface area (Å²) in [5.74, 6) is 0.0682. The van der Waals surface area contributed by atoms with Gasteiger partial charge in [-0.1, -0.05) is 6.58 Å². The molecule has 0 atom stereocenters. The first-order chi connectivity index (χ1) is 6.13. The molecular weight excluding hydrogens is 164 g/mol. The van der Waals surface area contributed by atoms with Crippen molar-refractivity contribution in [3.63, 3.8) is 0 Å². The smallest absolute Gasteiger partial charge is 0.248 e. The van der Waals surface area contributed by atoms with E-state index >= 15 is 0 Å². The number of likely N-dealkylation sites (N-methyl/N-ethyl adjacent to an activating group) is 1. The summed E-state index contributed by atoms with van der Waals surface area (Å²) in [5.41, 5.74) is 0.617. The standard InChI is InChI=1S/C10H20N2O/c1-5-12(8-6-7-11-4)10(13)9(2)3/h11H,2,5-8H2,1,3-4H3. The second-order valence-electron chi connectivity index (χ2n) is 3.12. The van der Waals surface area contributed by atoms with E-state index in [1.165, 1.54) is 0 Å². The zero-order valence-electron chi connectivity index (χ0n) is 8.89. The second-order valence-corrected chi connectivity index (χ2v) is 3.12. The predicted molar refractivity (Wildman–Crippen MR) is 55.6 cm³/mol. The molecule has 0 unspecified atom stereocenters. The molecule has 0 saturated carbocycles. The monoisotopic (exact) mass is 184 g/mol. The molecule has 0 rings (SSSR count). The fourth-order valence-corrected chi connectivity index (χ4v) is 1.12. The lowest BCUT2D eigenvalue weighted by Crippen LogP contribution is -2.33. The van der Waals surface area contributed by atoms with Gasteiger partial charge in [0, 0.05) is 18.7 Å². The van der Waals surface area contributed by atoms with Crippen LogP contribution in [0.5, 0.6) is 0 Å². The maximum absolute atomic E-state index is 11.5. The number of nitrogens with zero attached hydrogens (tertiary/aromatic N) is 1. The van der Waals surface area contributed by atoms with E-state index in [9.17, 15) is 4.79 Å². The molecule has 0 aliphatic rings. The maximum Gasteiger partial charge on any atom is 0.248 e. The Morgan fingerprint density at radius 1 is 1.54 bits per heavy atom. The molecule has 0 aliphatic carbocycles. The van der Waals surface area contributed by atoms with E-state index in [-0.39, 0.29) is 5.91 Å². The highest BCUT2D eigenvalue weighted by molar-refractivity contribution is 5.92. The number of hydrogen-bond acceptors (Lipinski definition) is 2. The molecule has 0 fully saturated rings. The molecular formula is C10H20N2O. The summed E-state index contributed by atoms with van der Waals surface area (Å²) in [7, 11) is 1.91. The Morgan fingerprint density at radius 3 is 2.54 bits per heavy atom. The van der Waals surface area contributed by atoms with E-state index < -0.39 is 0 Å². The lowest BCUT2D eigenvalue weighted by molar-refractivity contribution is -0.126. The number of carbonyl (C=O) groups excluding carboxylic acids is 1. The molecule has 0 aromatic rings. The lowest BCUT2D eigenvalue weighted by atomic mass is 10.2. The minimum atomic E-state index is 0.0682. The molecule has 1 amide bonds. The molecule has 0 spiro atoms. The number of amides is 1. The molecule has 13 heavy (non-hydrogen) atoms. The summed E-state index contributed by atoms with van der Waals surface area (Å²) >= 11 is 0. The Hall–Kier alpha value is -0.830. The van der Waals surface area contributed by atoms with Gasteiger partial charge in [0.15, 0.2) is 0 Å². The minimum absolute atomic E-state index is 0.0682. The molecule has 0 aromatic carbocycles. The van der Waals surface area contributed by atoms with E-state index in [2.05, 4.69) is 11.9 Å². The molecule has 0 aliphatic heterocycles. The highest BCUT2D eigenvalue weighted by Crippen LogP contribution is 1.99. The molecule has 0 saturated heterocycles. The topological polar surface area (TPSA) is 32.3 Å². The van der Waals surface area contributed by atoms with Crippen molar-refractivity contribution in [1.29, 1.82) is 0 Å². The van der Waals surface area contributed by atoms with Crippen LogP contribution >= 0.6 is 0 Å². The van der Waals surface area contributed by atoms with Crippen LogP contribution in [0, 0.1) is 0 Å². The normalized spacial score (nSPS) is 9.77. The van der Waals surface area contributed by atoms with Crippen LogP contribution in [0.25, 0.3) is 0 Å². The van der Waals surface area contributed by atoms with Crippen molar-refractivity contribution in [3.05, 3.63) is 12.2 Å². The van der Waals surface area contributed by atoms with Gasteiger partial charge in [0.25, 0.3) is 0 Å². The van der Waals surface area contributed by atoms with Crippen LogP contribution in [0.1, 0.15) is 20.3 Å². The van der Waals surface area contributed by atoms with Gasteiger partial charge < -0.3 is 10.2 Å². The summed E-state index contributed by atoms with van der Waals surface area (Å²) in [6.45, 7) is 9.90. The van der Waals surface area contributed by atoms with E-state index in [4.69, 9.17) is 0 Å². The fraction of sp³-hybridized carbons (Fsp3) is 0.700. The SMILES string of the molecule is C=C(C)C(=O)N(CC)CCCNC. The van der Waals surface area contributed by atoms with E-state index in [1.807, 2.05) is 18.9 Å². The Labute approximate surface area is 80.8 Å². The molecule has 0 bridgehead atoms. The zero-order valence-corrected chi connectivity index (χ0v) is 8.89. The first-order valence-corrected chi connectivity index (χ1v) is 4.72. The van der Waals surface area contributed by atoms with Gasteiger partial charge in [-0.05, 0) is 33.9 Å². The average molecular weight is 184 g/mol. The summed E-state index contributed by atoms with van der Waals surface area (Å²) in [5, 5.41) is 3.05. The van der Waals surface area contributed by atoms with E-state index in [0.717, 1.165) is 26.1 Å². The van der Waals surface area contributed by atoms with Crippen LogP contribution < -0.4 is 5.32 Å². The van der Waals surface area contributed by atoms with Crippen molar-refractivity contribution in [2.75, 3.05) is 26.7 Å². The van der Waals surface area contributed by atoms with Crippen molar-refractivity contribution in [2.45, 2.75) is 20.3 Å². The van der Waals surface area contributed by atoms with Crippen molar-refractivity contribution >= 4 is 5.91 Å². The third-order valence-corrected chi connectivity index (χ3v) is 1.89. The number of nitrogens with one attached hydrogen (secondary N) is 1. The number of hydrogen-bond donors (Lipinski definition) is 1. The van der Waals surface area contributed by atoms with Crippen LogP contribution in [0.2, 0.25) is 0 Å². The summed E-state index contributed by atoms with van der Waals surface area (Å²) in [6.07, 6.45) is 0.989. The lowest BCUT2D eigenvalue weighted by Gasteiger charge is -2.20. The molecule has 76 valence electrons. The van der Waals surface area contributed by atoms with E-state index in [1.54, 1.807) is 6.92 Å². The van der Waals surface area contributed by atoms with Gasteiger partial charge in [-0.2, -0.15) is 0 Å². The molecule has 3 heteroatoms. The third kappa shape index (κ3) is 4.68. The summed E-state index contributed by atoms with van der Waals surface area (Å²) in [6, 6.07) is 0. The van der Waals surface area contributed by atoms with Crippen LogP contribution in [-0.2, 0) is 4.79 Å². The van der Waals surface area contributed by atoms with Gasteiger partial charge in [0.05, 0.1) is 0 Å². The number of carbonyl (C=O) groups is 1. The Morgan fingerprint density at radius 2 is 2.15 bits per heavy atom. The predicted octanol–water partition coefficient (Wildman–Crippen LogP) is 1.02. The Balaban J connectivity index is 3.88. The van der Waals surface area contributed by atoms with Crippen molar-refractivity contribution in [3.8, 4) is 0 Å². The van der Waals surface area contributed by atoms with Gasteiger partial charge in [0.2, 0.25) is 5.91 Å². The fourth-order valence-electron chi connectivity index (χ4n) is 1.12. The average Bonchev–Trinajstić information content (AvgIpc) is 2.11. The highest BCUT2D eigenvalue weighted by Gasteiger charge is 2.10. The van der Waals surface area contributed by atoms with Gasteiger partial charge in [-0.3, -0.25) is 4.79 Å². The van der Waals surface area contributed by atoms with Crippen LogP contribution in [0.3, 0.4) is 0 Å². The molecule has 0 aromatic heterocycles. The molecule has 1 N–H and O–H groups in total. The first kappa shape index (κ1) is 12.2. The second kappa shape index (κ2) is 6.66. The highest BCUT2D eigenvalue weighted by atomic mass is 16.2. The molecule has 0 heterocycles. The van der Waals surface area contributed by atoms with E-state index in [0.29, 0.717) is 5.57 Å². The van der Waals surface area contributed by atoms with Crippen molar-refractivity contribution in [1.82, 2.24) is 10.2 Å². The van der Waals surface area contributed by atoms with Gasteiger partial charge in [-0.15, -0.1) is 0 Å². The Kier molecular flexibility index (Phi) is 6.24. The number of rotatable bonds is 6. The van der Waals surface area contributed by atoms with Gasteiger partial charge >= 0.3 is 0 Å². The Bertz CT molecular complexity index is 178. The summed E-state index contributed by atoms with van der Waals surface area (Å²) in [4.78, 5) is 13.3. The molecule has 3 nitrogen and oxygen atoms in total. The third-order valence-electron chi connectivity index (χ3n) is 1.89. The van der Waals surface area contributed by atoms with Gasteiger partial charge in [-0.25, -0.2) is 0 Å². The van der Waals surface area contributed by atoms with Gasteiger partial charge in [0.1, 0.15) is 0 Å². The van der Waals surface area contributed by atoms with Crippen LogP contribution in [-0.4, -0.2) is 37.5 Å². The minimum Gasteiger partial charge on any atom is -0.339 e. The largest absolute Gasteiger partial charge is 0.339 e. The van der Waals surface area contributed by atoms with Crippen molar-refractivity contribution < 1.29 is 4.79 Å². The first-order valence-electron chi connectivity index (χ1n) is 4.72. The van der Waals surface area contributed by atoms with Crippen LogP contribution in [0.15, 0.2) is 12.2 Å². The zero-order chi connectivity index (χ0) is 10.3. The summed E-state index contributed by atoms with van der Waals surface area (Å²) < 4.78 is 0. The maximum atomic E-state index is 11.5.